The highest BCUT2D eigenvalue weighted by Gasteiger charge is 2.27. The molecule has 90 valence electrons. The van der Waals surface area contributed by atoms with Crippen LogP contribution in [0.2, 0.25) is 0 Å². The first-order chi connectivity index (χ1) is 8.90. The molecule has 18 heavy (non-hydrogen) atoms. The number of nitriles is 1. The molecule has 1 aliphatic carbocycles. The molecule has 1 unspecified atom stereocenters. The third-order valence-electron chi connectivity index (χ3n) is 3.80. The number of piperidine rings is 1. The van der Waals surface area contributed by atoms with E-state index in [2.05, 4.69) is 35.3 Å². The number of fused-ring (bicyclic) bond motifs is 1. The molecular formula is C16H16N2. The smallest absolute Gasteiger partial charge is 0.101 e. The standard InChI is InChI=1S/C16H16N2/c17-12-14-7-2-4-10-16(14)18-11-5-8-13-6-1-3-9-15(13)18/h1-4,7,9-10,13H,5-6,8,11H2. The summed E-state index contributed by atoms with van der Waals surface area (Å²) in [5.41, 5.74) is 3.21. The molecular weight excluding hydrogens is 220 g/mol. The van der Waals surface area contributed by atoms with E-state index in [0.29, 0.717) is 5.92 Å². The molecule has 0 spiro atoms. The van der Waals surface area contributed by atoms with E-state index in [9.17, 15) is 5.26 Å². The maximum Gasteiger partial charge on any atom is 0.101 e. The summed E-state index contributed by atoms with van der Waals surface area (Å²) in [7, 11) is 0. The Morgan fingerprint density at radius 2 is 2.17 bits per heavy atom. The number of para-hydroxylation sites is 1. The molecule has 1 saturated heterocycles. The molecule has 0 aromatic heterocycles. The zero-order valence-corrected chi connectivity index (χ0v) is 10.3. The lowest BCUT2D eigenvalue weighted by atomic mass is 9.87. The zero-order valence-electron chi connectivity index (χ0n) is 10.3. The molecule has 2 aliphatic rings. The van der Waals surface area contributed by atoms with Gasteiger partial charge in [0.15, 0.2) is 0 Å². The van der Waals surface area contributed by atoms with Crippen molar-refractivity contribution in [1.29, 1.82) is 5.26 Å². The van der Waals surface area contributed by atoms with Crippen LogP contribution in [0.3, 0.4) is 0 Å². The predicted octanol–water partition coefficient (Wildman–Crippen LogP) is 3.62. The van der Waals surface area contributed by atoms with Crippen molar-refractivity contribution in [2.75, 3.05) is 11.4 Å². The quantitative estimate of drug-likeness (QED) is 0.744. The summed E-state index contributed by atoms with van der Waals surface area (Å²) in [6, 6.07) is 10.2. The molecule has 0 saturated carbocycles. The molecule has 0 N–H and O–H groups in total. The van der Waals surface area contributed by atoms with Crippen LogP contribution in [0.25, 0.3) is 0 Å². The van der Waals surface area contributed by atoms with Gasteiger partial charge in [0, 0.05) is 18.2 Å². The molecule has 2 nitrogen and oxygen atoms in total. The lowest BCUT2D eigenvalue weighted by molar-refractivity contribution is 0.475. The fourth-order valence-corrected chi connectivity index (χ4v) is 2.93. The van der Waals surface area contributed by atoms with Crippen LogP contribution < -0.4 is 4.90 Å². The highest BCUT2D eigenvalue weighted by Crippen LogP contribution is 2.36. The second kappa shape index (κ2) is 4.70. The van der Waals surface area contributed by atoms with E-state index in [-0.39, 0.29) is 0 Å². The lowest BCUT2D eigenvalue weighted by Crippen LogP contribution is -2.34. The first kappa shape index (κ1) is 11.1. The topological polar surface area (TPSA) is 27.0 Å². The van der Waals surface area contributed by atoms with E-state index in [0.717, 1.165) is 24.2 Å². The Kier molecular flexibility index (Phi) is 2.90. The minimum Gasteiger partial charge on any atom is -0.344 e. The molecule has 1 aromatic rings. The van der Waals surface area contributed by atoms with Crippen LogP contribution in [-0.2, 0) is 0 Å². The Morgan fingerprint density at radius 1 is 1.28 bits per heavy atom. The van der Waals surface area contributed by atoms with E-state index in [1.807, 2.05) is 18.2 Å². The molecule has 2 heteroatoms. The van der Waals surface area contributed by atoms with Gasteiger partial charge in [-0.1, -0.05) is 24.3 Å². The fraction of sp³-hybridized carbons (Fsp3) is 0.312. The number of hydrogen-bond donors (Lipinski definition) is 0. The van der Waals surface area contributed by atoms with E-state index in [1.54, 1.807) is 0 Å². The van der Waals surface area contributed by atoms with Gasteiger partial charge in [-0.2, -0.15) is 5.26 Å². The molecule has 1 aliphatic heterocycles. The lowest BCUT2D eigenvalue weighted by Gasteiger charge is -2.38. The molecule has 0 radical (unpaired) electrons. The summed E-state index contributed by atoms with van der Waals surface area (Å²) in [5.74, 6) is 0.635. The van der Waals surface area contributed by atoms with Gasteiger partial charge in [-0.15, -0.1) is 0 Å². The van der Waals surface area contributed by atoms with Gasteiger partial charge in [0.1, 0.15) is 6.07 Å². The minimum atomic E-state index is 0.635. The second-order valence-corrected chi connectivity index (χ2v) is 4.88. The van der Waals surface area contributed by atoms with E-state index >= 15 is 0 Å². The molecule has 1 atom stereocenters. The van der Waals surface area contributed by atoms with Crippen molar-refractivity contribution >= 4 is 5.69 Å². The Hall–Kier alpha value is -2.01. The first-order valence-electron chi connectivity index (χ1n) is 6.53. The average molecular weight is 236 g/mol. The Morgan fingerprint density at radius 3 is 3.06 bits per heavy atom. The van der Waals surface area contributed by atoms with Gasteiger partial charge in [0.25, 0.3) is 0 Å². The summed E-state index contributed by atoms with van der Waals surface area (Å²) >= 11 is 0. The molecule has 1 fully saturated rings. The Balaban J connectivity index is 2.02. The molecule has 0 bridgehead atoms. The largest absolute Gasteiger partial charge is 0.344 e. The highest BCUT2D eigenvalue weighted by atomic mass is 15.2. The summed E-state index contributed by atoms with van der Waals surface area (Å²) in [6.07, 6.45) is 10.2. The van der Waals surface area contributed by atoms with Gasteiger partial charge in [0.05, 0.1) is 11.3 Å². The number of hydrogen-bond acceptors (Lipinski definition) is 2. The SMILES string of the molecule is N#Cc1ccccc1N1CCCC2CC=CC=C21. The summed E-state index contributed by atoms with van der Waals surface area (Å²) in [5, 5.41) is 9.24. The van der Waals surface area contributed by atoms with Crippen LogP contribution in [0.4, 0.5) is 5.69 Å². The number of benzene rings is 1. The van der Waals surface area contributed by atoms with Gasteiger partial charge in [-0.3, -0.25) is 0 Å². The van der Waals surface area contributed by atoms with Crippen LogP contribution in [0, 0.1) is 17.2 Å². The number of anilines is 1. The van der Waals surface area contributed by atoms with Crippen LogP contribution in [0.1, 0.15) is 24.8 Å². The average Bonchev–Trinajstić information content (AvgIpc) is 2.46. The third kappa shape index (κ3) is 1.82. The van der Waals surface area contributed by atoms with Gasteiger partial charge in [0.2, 0.25) is 0 Å². The van der Waals surface area contributed by atoms with Gasteiger partial charge < -0.3 is 4.90 Å². The maximum atomic E-state index is 9.24. The Labute approximate surface area is 108 Å². The van der Waals surface area contributed by atoms with Crippen LogP contribution >= 0.6 is 0 Å². The van der Waals surface area contributed by atoms with Gasteiger partial charge >= 0.3 is 0 Å². The second-order valence-electron chi connectivity index (χ2n) is 4.88. The number of allylic oxidation sites excluding steroid dienone is 4. The maximum absolute atomic E-state index is 9.24. The molecule has 0 amide bonds. The predicted molar refractivity (Wildman–Crippen MR) is 73.1 cm³/mol. The molecule has 1 aromatic carbocycles. The van der Waals surface area contributed by atoms with Crippen molar-refractivity contribution in [2.24, 2.45) is 5.92 Å². The third-order valence-corrected chi connectivity index (χ3v) is 3.80. The van der Waals surface area contributed by atoms with E-state index in [1.165, 1.54) is 18.5 Å². The van der Waals surface area contributed by atoms with Crippen molar-refractivity contribution < 1.29 is 0 Å². The highest BCUT2D eigenvalue weighted by molar-refractivity contribution is 5.63. The van der Waals surface area contributed by atoms with Gasteiger partial charge in [-0.25, -0.2) is 0 Å². The van der Waals surface area contributed by atoms with Gasteiger partial charge in [-0.05, 0) is 37.5 Å². The molecule has 1 heterocycles. The number of nitrogens with zero attached hydrogens (tertiary/aromatic N) is 2. The van der Waals surface area contributed by atoms with Crippen LogP contribution in [0.15, 0.2) is 48.2 Å². The van der Waals surface area contributed by atoms with Crippen LogP contribution in [-0.4, -0.2) is 6.54 Å². The normalized spacial score (nSPS) is 22.1. The summed E-state index contributed by atoms with van der Waals surface area (Å²) in [6.45, 7) is 1.02. The van der Waals surface area contributed by atoms with E-state index < -0.39 is 0 Å². The van der Waals surface area contributed by atoms with Crippen molar-refractivity contribution in [3.05, 3.63) is 53.8 Å². The van der Waals surface area contributed by atoms with Crippen LogP contribution in [0.5, 0.6) is 0 Å². The first-order valence-corrected chi connectivity index (χ1v) is 6.53. The van der Waals surface area contributed by atoms with Crippen molar-refractivity contribution in [1.82, 2.24) is 0 Å². The molecule has 3 rings (SSSR count). The minimum absolute atomic E-state index is 0.635. The zero-order chi connectivity index (χ0) is 12.4. The van der Waals surface area contributed by atoms with Crippen molar-refractivity contribution in [3.63, 3.8) is 0 Å². The van der Waals surface area contributed by atoms with Crippen molar-refractivity contribution in [2.45, 2.75) is 19.3 Å². The summed E-state index contributed by atoms with van der Waals surface area (Å²) < 4.78 is 0. The van der Waals surface area contributed by atoms with E-state index in [4.69, 9.17) is 0 Å². The fourth-order valence-electron chi connectivity index (χ4n) is 2.93. The van der Waals surface area contributed by atoms with Crippen molar-refractivity contribution in [3.8, 4) is 6.07 Å². The monoisotopic (exact) mass is 236 g/mol. The number of rotatable bonds is 1. The Bertz CT molecular complexity index is 548. The summed E-state index contributed by atoms with van der Waals surface area (Å²) in [4.78, 5) is 2.33.